The zero-order valence-corrected chi connectivity index (χ0v) is 17.8. The summed E-state index contributed by atoms with van der Waals surface area (Å²) in [7, 11) is 0. The summed E-state index contributed by atoms with van der Waals surface area (Å²) in [6.45, 7) is 7.77. The number of allylic oxidation sites excluding steroid dienone is 2. The van der Waals surface area contributed by atoms with Gasteiger partial charge < -0.3 is 19.7 Å². The summed E-state index contributed by atoms with van der Waals surface area (Å²) in [6, 6.07) is 10.5. The molecule has 1 heterocycles. The first-order chi connectivity index (χ1) is 14.2. The third-order valence-electron chi connectivity index (χ3n) is 5.10. The van der Waals surface area contributed by atoms with Gasteiger partial charge in [-0.25, -0.2) is 4.79 Å². The third kappa shape index (κ3) is 4.26. The summed E-state index contributed by atoms with van der Waals surface area (Å²) in [6.07, 6.45) is 1.51. The molecule has 0 aliphatic rings. The smallest absolute Gasteiger partial charge is 0.336 e. The van der Waals surface area contributed by atoms with E-state index in [9.17, 15) is 20.1 Å². The lowest BCUT2D eigenvalue weighted by atomic mass is 9.90. The number of aliphatic hydroxyl groups excluding tert-OH is 1. The van der Waals surface area contributed by atoms with Gasteiger partial charge in [0.05, 0.1) is 17.1 Å². The Kier molecular flexibility index (Phi) is 6.32. The summed E-state index contributed by atoms with van der Waals surface area (Å²) in [4.78, 5) is 12.4. The second-order valence-corrected chi connectivity index (χ2v) is 8.27. The quantitative estimate of drug-likeness (QED) is 0.372. The van der Waals surface area contributed by atoms with Crippen molar-refractivity contribution in [1.82, 2.24) is 0 Å². The van der Waals surface area contributed by atoms with Gasteiger partial charge in [0.1, 0.15) is 17.1 Å². The van der Waals surface area contributed by atoms with Gasteiger partial charge in [0.15, 0.2) is 0 Å². The van der Waals surface area contributed by atoms with Crippen LogP contribution in [0.4, 0.5) is 0 Å². The number of hydrogen-bond donors (Lipinski definition) is 3. The maximum atomic E-state index is 12.4. The SMILES string of the molecule is CC(C)=CCc1c(O)c(C(O)CC(C)C)c(O)c2c(-c3ccccc3)cc(=O)oc12. The van der Waals surface area contributed by atoms with Crippen LogP contribution in [0.2, 0.25) is 0 Å². The first-order valence-corrected chi connectivity index (χ1v) is 10.1. The van der Waals surface area contributed by atoms with Crippen molar-refractivity contribution in [3.8, 4) is 22.6 Å². The molecular weight excluding hydrogens is 380 g/mol. The van der Waals surface area contributed by atoms with E-state index in [1.165, 1.54) is 6.07 Å². The minimum Gasteiger partial charge on any atom is -0.507 e. The van der Waals surface area contributed by atoms with E-state index >= 15 is 0 Å². The zero-order valence-electron chi connectivity index (χ0n) is 17.8. The fourth-order valence-electron chi connectivity index (χ4n) is 3.68. The molecule has 3 rings (SSSR count). The molecule has 1 atom stereocenters. The van der Waals surface area contributed by atoms with Gasteiger partial charge in [0, 0.05) is 17.2 Å². The van der Waals surface area contributed by atoms with E-state index < -0.39 is 11.7 Å². The molecule has 0 radical (unpaired) electrons. The minimum absolute atomic E-state index is 0.0689. The Labute approximate surface area is 175 Å². The average molecular weight is 408 g/mol. The van der Waals surface area contributed by atoms with E-state index in [4.69, 9.17) is 4.42 Å². The highest BCUT2D eigenvalue weighted by Crippen LogP contribution is 2.47. The molecule has 0 saturated carbocycles. The van der Waals surface area contributed by atoms with E-state index in [0.717, 1.165) is 11.1 Å². The lowest BCUT2D eigenvalue weighted by Crippen LogP contribution is -2.07. The lowest BCUT2D eigenvalue weighted by molar-refractivity contribution is 0.144. The maximum Gasteiger partial charge on any atom is 0.336 e. The minimum atomic E-state index is -1.06. The van der Waals surface area contributed by atoms with Gasteiger partial charge >= 0.3 is 5.63 Å². The summed E-state index contributed by atoms with van der Waals surface area (Å²) < 4.78 is 5.48. The van der Waals surface area contributed by atoms with E-state index in [1.54, 1.807) is 0 Å². The summed E-state index contributed by atoms with van der Waals surface area (Å²) >= 11 is 0. The van der Waals surface area contributed by atoms with Gasteiger partial charge in [-0.3, -0.25) is 0 Å². The van der Waals surface area contributed by atoms with Crippen molar-refractivity contribution >= 4 is 11.0 Å². The molecule has 0 amide bonds. The summed E-state index contributed by atoms with van der Waals surface area (Å²) in [5.74, 6) is -0.351. The molecular formula is C25H28O5. The molecule has 0 spiro atoms. The van der Waals surface area contributed by atoms with Gasteiger partial charge in [0.25, 0.3) is 0 Å². The third-order valence-corrected chi connectivity index (χ3v) is 5.10. The first-order valence-electron chi connectivity index (χ1n) is 10.1. The van der Waals surface area contributed by atoms with Crippen molar-refractivity contribution in [3.05, 3.63) is 69.6 Å². The molecule has 0 saturated heterocycles. The summed E-state index contributed by atoms with van der Waals surface area (Å²) in [5.41, 5.74) is 2.26. The monoisotopic (exact) mass is 408 g/mol. The highest BCUT2D eigenvalue weighted by molar-refractivity contribution is 6.01. The average Bonchev–Trinajstić information content (AvgIpc) is 2.67. The molecule has 0 aliphatic carbocycles. The van der Waals surface area contributed by atoms with Crippen LogP contribution in [-0.4, -0.2) is 15.3 Å². The van der Waals surface area contributed by atoms with Gasteiger partial charge in [-0.2, -0.15) is 0 Å². The second-order valence-electron chi connectivity index (χ2n) is 8.27. The first kappa shape index (κ1) is 21.7. The number of benzene rings is 2. The number of rotatable bonds is 6. The fraction of sp³-hybridized carbons (Fsp3) is 0.320. The van der Waals surface area contributed by atoms with Crippen LogP contribution in [0.15, 0.2) is 57.3 Å². The number of aromatic hydroxyl groups is 2. The predicted molar refractivity (Wildman–Crippen MR) is 119 cm³/mol. The van der Waals surface area contributed by atoms with Crippen LogP contribution in [0, 0.1) is 5.92 Å². The van der Waals surface area contributed by atoms with E-state index in [1.807, 2.05) is 64.1 Å². The van der Waals surface area contributed by atoms with E-state index in [2.05, 4.69) is 0 Å². The van der Waals surface area contributed by atoms with Gasteiger partial charge in [-0.1, -0.05) is 55.8 Å². The van der Waals surface area contributed by atoms with Crippen LogP contribution < -0.4 is 5.63 Å². The Hall–Kier alpha value is -3.05. The molecule has 1 aromatic heterocycles. The number of phenolic OH excluding ortho intramolecular Hbond substituents is 2. The molecule has 3 aromatic rings. The molecule has 0 fully saturated rings. The van der Waals surface area contributed by atoms with Crippen molar-refractivity contribution in [2.24, 2.45) is 5.92 Å². The lowest BCUT2D eigenvalue weighted by Gasteiger charge is -2.21. The van der Waals surface area contributed by atoms with Crippen molar-refractivity contribution in [2.75, 3.05) is 0 Å². The maximum absolute atomic E-state index is 12.4. The van der Waals surface area contributed by atoms with Crippen LogP contribution in [0.5, 0.6) is 11.5 Å². The largest absolute Gasteiger partial charge is 0.507 e. The van der Waals surface area contributed by atoms with Gasteiger partial charge in [-0.05, 0) is 38.2 Å². The Balaban J connectivity index is 2.44. The number of phenols is 2. The van der Waals surface area contributed by atoms with Gasteiger partial charge in [0.2, 0.25) is 0 Å². The van der Waals surface area contributed by atoms with Crippen LogP contribution in [0.1, 0.15) is 51.3 Å². The van der Waals surface area contributed by atoms with Crippen LogP contribution >= 0.6 is 0 Å². The van der Waals surface area contributed by atoms with Crippen LogP contribution in [0.25, 0.3) is 22.1 Å². The zero-order chi connectivity index (χ0) is 22.0. The second kappa shape index (κ2) is 8.76. The molecule has 1 unspecified atom stereocenters. The van der Waals surface area contributed by atoms with Crippen molar-refractivity contribution in [1.29, 1.82) is 0 Å². The normalized spacial score (nSPS) is 12.3. The van der Waals surface area contributed by atoms with Crippen LogP contribution in [-0.2, 0) is 6.42 Å². The fourth-order valence-corrected chi connectivity index (χ4v) is 3.68. The predicted octanol–water partition coefficient (Wildman–Crippen LogP) is 5.46. The highest BCUT2D eigenvalue weighted by atomic mass is 16.4. The topological polar surface area (TPSA) is 90.9 Å². The Morgan fingerprint density at radius 2 is 1.77 bits per heavy atom. The van der Waals surface area contributed by atoms with Crippen molar-refractivity contribution < 1.29 is 19.7 Å². The molecule has 158 valence electrons. The number of fused-ring (bicyclic) bond motifs is 1. The highest BCUT2D eigenvalue weighted by Gasteiger charge is 2.27. The van der Waals surface area contributed by atoms with Gasteiger partial charge in [-0.15, -0.1) is 0 Å². The number of hydrogen-bond acceptors (Lipinski definition) is 5. The molecule has 0 bridgehead atoms. The Morgan fingerprint density at radius 1 is 1.10 bits per heavy atom. The van der Waals surface area contributed by atoms with E-state index in [-0.39, 0.29) is 28.6 Å². The van der Waals surface area contributed by atoms with Crippen LogP contribution in [0.3, 0.4) is 0 Å². The van der Waals surface area contributed by atoms with Crippen molar-refractivity contribution in [3.63, 3.8) is 0 Å². The molecule has 3 N–H and O–H groups in total. The molecule has 30 heavy (non-hydrogen) atoms. The Bertz CT molecular complexity index is 1140. The summed E-state index contributed by atoms with van der Waals surface area (Å²) in [5, 5.41) is 33.3. The standard InChI is InChI=1S/C25H28O5/c1-14(2)10-11-17-23(28)22(19(26)12-15(3)4)24(29)21-18(13-20(27)30-25(17)21)16-8-6-5-7-9-16/h5-10,13,15,19,26,28-29H,11-12H2,1-4H3. The molecule has 5 heteroatoms. The molecule has 2 aromatic carbocycles. The molecule has 0 aliphatic heterocycles. The van der Waals surface area contributed by atoms with E-state index in [0.29, 0.717) is 29.4 Å². The number of aliphatic hydroxyl groups is 1. The van der Waals surface area contributed by atoms with Crippen molar-refractivity contribution in [2.45, 2.75) is 46.6 Å². The Morgan fingerprint density at radius 3 is 2.37 bits per heavy atom. The molecule has 5 nitrogen and oxygen atoms in total.